The lowest BCUT2D eigenvalue weighted by molar-refractivity contribution is 0.1000. The van der Waals surface area contributed by atoms with Crippen molar-refractivity contribution < 1.29 is 9.59 Å². The Morgan fingerprint density at radius 3 is 2.53 bits per heavy atom. The van der Waals surface area contributed by atoms with E-state index in [1.165, 1.54) is 11.3 Å². The summed E-state index contributed by atoms with van der Waals surface area (Å²) in [5.41, 5.74) is 10.2. The molecule has 1 atom stereocenters. The summed E-state index contributed by atoms with van der Waals surface area (Å²) in [5, 5.41) is 4.93. The molecule has 36 heavy (non-hydrogen) atoms. The maximum atomic E-state index is 13.7. The number of rotatable bonds is 4. The van der Waals surface area contributed by atoms with Gasteiger partial charge in [-0.25, -0.2) is 4.98 Å². The average molecular weight is 518 g/mol. The van der Waals surface area contributed by atoms with E-state index in [9.17, 15) is 9.59 Å². The number of nitrogens with zero attached hydrogens (tertiary/aromatic N) is 1. The standard InChI is InChI=1S/C29H28ClN3O2S/c1-29(2,3)17-10-13-20-24(14-17)36-28(25(20)26(31)34)33-27(35)21-15-23(16-8-11-18(30)12-9-16)32-22-7-5-4-6-19(21)22/h4-9,11-12,15,17H,10,13-14H2,1-3H3,(H2,31,34)(H,33,35). The van der Waals surface area contributed by atoms with Crippen LogP contribution in [0, 0.1) is 11.3 Å². The minimum absolute atomic E-state index is 0.173. The van der Waals surface area contributed by atoms with Crippen LogP contribution in [0.25, 0.3) is 22.2 Å². The quantitative estimate of drug-likeness (QED) is 0.302. The van der Waals surface area contributed by atoms with E-state index in [0.717, 1.165) is 40.7 Å². The topological polar surface area (TPSA) is 85.1 Å². The number of primary amides is 1. The Bertz CT molecular complexity index is 1490. The number of aromatic nitrogens is 1. The molecule has 2 aromatic heterocycles. The number of thiophene rings is 1. The highest BCUT2D eigenvalue weighted by atomic mass is 35.5. The van der Waals surface area contributed by atoms with Crippen LogP contribution in [0.2, 0.25) is 5.02 Å². The van der Waals surface area contributed by atoms with Crippen molar-refractivity contribution in [3.8, 4) is 11.3 Å². The number of para-hydroxylation sites is 1. The molecule has 0 spiro atoms. The lowest BCUT2D eigenvalue weighted by Gasteiger charge is -2.33. The molecule has 5 rings (SSSR count). The highest BCUT2D eigenvalue weighted by molar-refractivity contribution is 7.17. The van der Waals surface area contributed by atoms with Gasteiger partial charge in [0.15, 0.2) is 0 Å². The predicted octanol–water partition coefficient (Wildman–Crippen LogP) is 7.12. The number of pyridine rings is 1. The number of fused-ring (bicyclic) bond motifs is 2. The highest BCUT2D eigenvalue weighted by Crippen LogP contribution is 2.44. The Hall–Kier alpha value is -3.22. The maximum absolute atomic E-state index is 13.7. The largest absolute Gasteiger partial charge is 0.365 e. The van der Waals surface area contributed by atoms with Crippen LogP contribution in [-0.4, -0.2) is 16.8 Å². The molecule has 0 saturated heterocycles. The molecular weight excluding hydrogens is 490 g/mol. The van der Waals surface area contributed by atoms with Crippen LogP contribution >= 0.6 is 22.9 Å². The normalized spacial score (nSPS) is 15.5. The Morgan fingerprint density at radius 2 is 1.83 bits per heavy atom. The molecule has 5 nitrogen and oxygen atoms in total. The van der Waals surface area contributed by atoms with Crippen molar-refractivity contribution in [3.05, 3.63) is 81.2 Å². The molecule has 0 radical (unpaired) electrons. The summed E-state index contributed by atoms with van der Waals surface area (Å²) in [4.78, 5) is 32.1. The molecule has 2 amide bonds. The number of nitrogens with one attached hydrogen (secondary N) is 1. The SMILES string of the molecule is CC(C)(C)C1CCc2c(sc(NC(=O)c3cc(-c4ccc(Cl)cc4)nc4ccccc34)c2C(N)=O)C1. The molecule has 1 aliphatic carbocycles. The molecular formula is C29H28ClN3O2S. The third-order valence-electron chi connectivity index (χ3n) is 7.06. The van der Waals surface area contributed by atoms with Gasteiger partial charge in [-0.3, -0.25) is 9.59 Å². The number of carbonyl (C=O) groups is 2. The molecule has 0 bridgehead atoms. The van der Waals surface area contributed by atoms with E-state index in [-0.39, 0.29) is 11.3 Å². The van der Waals surface area contributed by atoms with E-state index in [2.05, 4.69) is 26.1 Å². The van der Waals surface area contributed by atoms with E-state index >= 15 is 0 Å². The monoisotopic (exact) mass is 517 g/mol. The van der Waals surface area contributed by atoms with Gasteiger partial charge in [-0.15, -0.1) is 11.3 Å². The van der Waals surface area contributed by atoms with Gasteiger partial charge in [-0.2, -0.15) is 0 Å². The van der Waals surface area contributed by atoms with E-state index < -0.39 is 5.91 Å². The summed E-state index contributed by atoms with van der Waals surface area (Å²) < 4.78 is 0. The first-order valence-corrected chi connectivity index (χ1v) is 13.2. The van der Waals surface area contributed by atoms with Gasteiger partial charge in [0.05, 0.1) is 22.3 Å². The number of amides is 2. The molecule has 3 N–H and O–H groups in total. The van der Waals surface area contributed by atoms with E-state index in [1.54, 1.807) is 18.2 Å². The first kappa shape index (κ1) is 24.5. The summed E-state index contributed by atoms with van der Waals surface area (Å²) in [5.74, 6) is -0.283. The van der Waals surface area contributed by atoms with Crippen molar-refractivity contribution in [3.63, 3.8) is 0 Å². The zero-order chi connectivity index (χ0) is 25.6. The zero-order valence-electron chi connectivity index (χ0n) is 20.5. The van der Waals surface area contributed by atoms with Crippen molar-refractivity contribution in [2.24, 2.45) is 17.1 Å². The van der Waals surface area contributed by atoms with Crippen LogP contribution in [0.5, 0.6) is 0 Å². The van der Waals surface area contributed by atoms with Crippen LogP contribution in [0.1, 0.15) is 58.3 Å². The van der Waals surface area contributed by atoms with Crippen molar-refractivity contribution >= 4 is 50.7 Å². The summed E-state index contributed by atoms with van der Waals surface area (Å²) in [6, 6.07) is 16.7. The minimum atomic E-state index is -0.501. The molecule has 4 aromatic rings. The Kier molecular flexibility index (Phi) is 6.35. The first-order valence-electron chi connectivity index (χ1n) is 12.0. The van der Waals surface area contributed by atoms with E-state index in [0.29, 0.717) is 38.3 Å². The summed E-state index contributed by atoms with van der Waals surface area (Å²) >= 11 is 7.54. The van der Waals surface area contributed by atoms with Gasteiger partial charge in [0.1, 0.15) is 5.00 Å². The van der Waals surface area contributed by atoms with Gasteiger partial charge < -0.3 is 11.1 Å². The Morgan fingerprint density at radius 1 is 1.11 bits per heavy atom. The number of halogens is 1. The Balaban J connectivity index is 1.55. The zero-order valence-corrected chi connectivity index (χ0v) is 22.1. The number of benzene rings is 2. The van der Waals surface area contributed by atoms with Gasteiger partial charge in [0, 0.05) is 20.8 Å². The molecule has 184 valence electrons. The molecule has 0 aliphatic heterocycles. The molecule has 1 unspecified atom stereocenters. The number of anilines is 1. The molecule has 0 fully saturated rings. The van der Waals surface area contributed by atoms with Crippen molar-refractivity contribution in [2.45, 2.75) is 40.0 Å². The van der Waals surface area contributed by atoms with Gasteiger partial charge in [-0.1, -0.05) is 62.7 Å². The second-order valence-corrected chi connectivity index (χ2v) is 12.0. The average Bonchev–Trinajstić information content (AvgIpc) is 3.20. The molecule has 0 saturated carbocycles. The molecule has 7 heteroatoms. The van der Waals surface area contributed by atoms with Gasteiger partial charge in [0.2, 0.25) is 0 Å². The lowest BCUT2D eigenvalue weighted by atomic mass is 9.72. The van der Waals surface area contributed by atoms with E-state index in [4.69, 9.17) is 22.3 Å². The lowest BCUT2D eigenvalue weighted by Crippen LogP contribution is -2.27. The highest BCUT2D eigenvalue weighted by Gasteiger charge is 2.33. The third-order valence-corrected chi connectivity index (χ3v) is 8.49. The summed E-state index contributed by atoms with van der Waals surface area (Å²) in [7, 11) is 0. The molecule has 1 aliphatic rings. The van der Waals surface area contributed by atoms with Gasteiger partial charge >= 0.3 is 0 Å². The number of hydrogen-bond acceptors (Lipinski definition) is 4. The van der Waals surface area contributed by atoms with Crippen LogP contribution in [-0.2, 0) is 12.8 Å². The van der Waals surface area contributed by atoms with Crippen LogP contribution in [0.4, 0.5) is 5.00 Å². The predicted molar refractivity (Wildman–Crippen MR) is 148 cm³/mol. The minimum Gasteiger partial charge on any atom is -0.365 e. The second-order valence-electron chi connectivity index (χ2n) is 10.4. The Labute approximate surface area is 219 Å². The molecule has 2 heterocycles. The van der Waals surface area contributed by atoms with Crippen molar-refractivity contribution in [1.82, 2.24) is 4.98 Å². The number of carbonyl (C=O) groups excluding carboxylic acids is 2. The van der Waals surface area contributed by atoms with Crippen LogP contribution < -0.4 is 11.1 Å². The third kappa shape index (κ3) is 4.63. The first-order chi connectivity index (χ1) is 17.1. The van der Waals surface area contributed by atoms with E-state index in [1.807, 2.05) is 36.4 Å². The van der Waals surface area contributed by atoms with Crippen molar-refractivity contribution in [2.75, 3.05) is 5.32 Å². The second kappa shape index (κ2) is 9.34. The fourth-order valence-corrected chi connectivity index (χ4v) is 6.43. The van der Waals surface area contributed by atoms with Crippen LogP contribution in [0.15, 0.2) is 54.6 Å². The van der Waals surface area contributed by atoms with Crippen LogP contribution in [0.3, 0.4) is 0 Å². The number of hydrogen-bond donors (Lipinski definition) is 2. The van der Waals surface area contributed by atoms with Gasteiger partial charge in [-0.05, 0) is 60.4 Å². The molecule has 2 aromatic carbocycles. The smallest absolute Gasteiger partial charge is 0.257 e. The van der Waals surface area contributed by atoms with Gasteiger partial charge in [0.25, 0.3) is 11.8 Å². The summed E-state index contributed by atoms with van der Waals surface area (Å²) in [6.07, 6.45) is 2.68. The van der Waals surface area contributed by atoms with Crippen molar-refractivity contribution in [1.29, 1.82) is 0 Å². The fourth-order valence-electron chi connectivity index (χ4n) is 4.98. The maximum Gasteiger partial charge on any atom is 0.257 e. The number of nitrogens with two attached hydrogens (primary N) is 1. The fraction of sp³-hybridized carbons (Fsp3) is 0.276. The summed E-state index contributed by atoms with van der Waals surface area (Å²) in [6.45, 7) is 6.75.